The zero-order chi connectivity index (χ0) is 24.3. The molecule has 0 N–H and O–H groups in total. The molecule has 2 aromatic heterocycles. The normalized spacial score (nSPS) is 15.6. The average Bonchev–Trinajstić information content (AvgIpc) is 3.55. The van der Waals surface area contributed by atoms with Crippen LogP contribution in [0, 0.1) is 0 Å². The zero-order valence-electron chi connectivity index (χ0n) is 20.6. The average molecular weight is 486 g/mol. The van der Waals surface area contributed by atoms with Gasteiger partial charge in [0.15, 0.2) is 28.5 Å². The number of benzene rings is 2. The molecule has 9 heteroatoms. The molecule has 2 aromatic carbocycles. The van der Waals surface area contributed by atoms with Gasteiger partial charge in [-0.1, -0.05) is 55.0 Å². The number of ether oxygens (including phenoxy) is 2. The first-order valence-electron chi connectivity index (χ1n) is 12.8. The van der Waals surface area contributed by atoms with E-state index in [1.54, 1.807) is 0 Å². The van der Waals surface area contributed by atoms with Crippen LogP contribution in [0.4, 0.5) is 5.82 Å². The molecule has 4 aromatic rings. The van der Waals surface area contributed by atoms with Crippen LogP contribution in [-0.2, 0) is 19.5 Å². The number of rotatable bonds is 8. The molecule has 4 heterocycles. The van der Waals surface area contributed by atoms with Crippen molar-refractivity contribution < 1.29 is 9.47 Å². The Morgan fingerprint density at radius 3 is 2.53 bits per heavy atom. The number of piperazine rings is 1. The molecule has 186 valence electrons. The highest BCUT2D eigenvalue weighted by atomic mass is 16.7. The molecule has 1 fully saturated rings. The van der Waals surface area contributed by atoms with E-state index in [1.165, 1.54) is 11.1 Å². The van der Waals surface area contributed by atoms with Gasteiger partial charge in [0.05, 0.1) is 6.54 Å². The Hall–Kier alpha value is -3.72. The Morgan fingerprint density at radius 1 is 0.861 bits per heavy atom. The third-order valence-corrected chi connectivity index (χ3v) is 6.83. The second-order valence-corrected chi connectivity index (χ2v) is 9.42. The molecule has 0 spiro atoms. The molecule has 0 saturated carbocycles. The molecule has 0 radical (unpaired) electrons. The van der Waals surface area contributed by atoms with Crippen molar-refractivity contribution in [2.24, 2.45) is 0 Å². The Labute approximate surface area is 210 Å². The van der Waals surface area contributed by atoms with E-state index in [1.807, 2.05) is 28.9 Å². The summed E-state index contributed by atoms with van der Waals surface area (Å²) in [6.45, 7) is 7.69. The molecule has 2 aliphatic rings. The van der Waals surface area contributed by atoms with Crippen LogP contribution in [0.15, 0.2) is 48.5 Å². The number of hydrogen-bond donors (Lipinski definition) is 0. The molecule has 0 aliphatic carbocycles. The summed E-state index contributed by atoms with van der Waals surface area (Å²) in [6, 6.07) is 16.5. The van der Waals surface area contributed by atoms with E-state index in [9.17, 15) is 0 Å². The first-order chi connectivity index (χ1) is 17.8. The van der Waals surface area contributed by atoms with Gasteiger partial charge in [0.25, 0.3) is 0 Å². The lowest BCUT2D eigenvalue weighted by molar-refractivity contribution is 0.174. The summed E-state index contributed by atoms with van der Waals surface area (Å²) in [6.07, 6.45) is 3.03. The number of fused-ring (bicyclic) bond motifs is 2. The maximum Gasteiger partial charge on any atom is 0.231 e. The molecule has 0 unspecified atom stereocenters. The van der Waals surface area contributed by atoms with Crippen LogP contribution in [0.1, 0.15) is 36.7 Å². The number of unbranched alkanes of at least 4 members (excludes halogenated alkanes) is 1. The summed E-state index contributed by atoms with van der Waals surface area (Å²) in [5.74, 6) is 3.45. The molecule has 2 aliphatic heterocycles. The van der Waals surface area contributed by atoms with Crippen molar-refractivity contribution in [2.75, 3.05) is 37.9 Å². The molecular formula is C27H31N7O2. The van der Waals surface area contributed by atoms with Gasteiger partial charge in [0.1, 0.15) is 5.82 Å². The van der Waals surface area contributed by atoms with E-state index < -0.39 is 0 Å². The first-order valence-corrected chi connectivity index (χ1v) is 12.8. The minimum absolute atomic E-state index is 0.307. The van der Waals surface area contributed by atoms with Crippen LogP contribution >= 0.6 is 0 Å². The predicted molar refractivity (Wildman–Crippen MR) is 137 cm³/mol. The maximum absolute atomic E-state index is 5.54. The van der Waals surface area contributed by atoms with Crippen LogP contribution in [0.5, 0.6) is 11.5 Å². The Morgan fingerprint density at radius 2 is 1.69 bits per heavy atom. The molecule has 1 saturated heterocycles. The van der Waals surface area contributed by atoms with Crippen molar-refractivity contribution in [1.82, 2.24) is 29.9 Å². The molecule has 9 nitrogen and oxygen atoms in total. The highest BCUT2D eigenvalue weighted by Gasteiger charge is 2.24. The second kappa shape index (κ2) is 10.1. The summed E-state index contributed by atoms with van der Waals surface area (Å²) in [4.78, 5) is 14.7. The molecule has 0 atom stereocenters. The lowest BCUT2D eigenvalue weighted by Crippen LogP contribution is -2.46. The van der Waals surface area contributed by atoms with Gasteiger partial charge in [0.2, 0.25) is 6.79 Å². The van der Waals surface area contributed by atoms with Gasteiger partial charge >= 0.3 is 0 Å². The zero-order valence-corrected chi connectivity index (χ0v) is 20.6. The van der Waals surface area contributed by atoms with Crippen molar-refractivity contribution in [3.63, 3.8) is 0 Å². The number of anilines is 1. The van der Waals surface area contributed by atoms with E-state index in [2.05, 4.69) is 51.3 Å². The fraction of sp³-hybridized carbons (Fsp3) is 0.407. The van der Waals surface area contributed by atoms with Crippen LogP contribution in [-0.4, -0.2) is 62.8 Å². The minimum Gasteiger partial charge on any atom is -0.454 e. The number of aromatic nitrogens is 5. The minimum atomic E-state index is 0.307. The molecule has 6 rings (SSSR count). The maximum atomic E-state index is 5.54. The van der Waals surface area contributed by atoms with E-state index in [0.29, 0.717) is 13.3 Å². The topological polar surface area (TPSA) is 81.4 Å². The van der Waals surface area contributed by atoms with Gasteiger partial charge in [-0.2, -0.15) is 0 Å². The van der Waals surface area contributed by atoms with Gasteiger partial charge in [-0.15, -0.1) is 5.10 Å². The van der Waals surface area contributed by atoms with Crippen LogP contribution in [0.2, 0.25) is 0 Å². The molecule has 36 heavy (non-hydrogen) atoms. The van der Waals surface area contributed by atoms with Crippen molar-refractivity contribution >= 4 is 17.0 Å². The van der Waals surface area contributed by atoms with Gasteiger partial charge in [-0.25, -0.2) is 14.6 Å². The van der Waals surface area contributed by atoms with Crippen LogP contribution in [0.3, 0.4) is 0 Å². The fourth-order valence-electron chi connectivity index (χ4n) is 4.83. The third kappa shape index (κ3) is 4.70. The molecule has 0 amide bonds. The van der Waals surface area contributed by atoms with Gasteiger partial charge in [0, 0.05) is 39.1 Å². The SMILES string of the molecule is CCCCc1nc(N2CCN(Cc3ccc4c(c3)OCO4)CC2)c2nnn(Cc3ccccc3)c2n1. The lowest BCUT2D eigenvalue weighted by atomic mass is 10.1. The third-order valence-electron chi connectivity index (χ3n) is 6.83. The van der Waals surface area contributed by atoms with Gasteiger partial charge in [-0.05, 0) is 29.7 Å². The highest BCUT2D eigenvalue weighted by molar-refractivity contribution is 5.83. The Bertz CT molecular complexity index is 1330. The first kappa shape index (κ1) is 22.7. The number of aryl methyl sites for hydroxylation is 1. The summed E-state index contributed by atoms with van der Waals surface area (Å²) < 4.78 is 12.9. The van der Waals surface area contributed by atoms with E-state index >= 15 is 0 Å². The summed E-state index contributed by atoms with van der Waals surface area (Å²) in [5, 5.41) is 9.01. The van der Waals surface area contributed by atoms with Crippen molar-refractivity contribution in [3.05, 3.63) is 65.5 Å². The Balaban J connectivity index is 1.21. The smallest absolute Gasteiger partial charge is 0.231 e. The second-order valence-electron chi connectivity index (χ2n) is 9.42. The largest absolute Gasteiger partial charge is 0.454 e. The van der Waals surface area contributed by atoms with Crippen LogP contribution in [0.25, 0.3) is 11.2 Å². The Kier molecular flexibility index (Phi) is 6.38. The van der Waals surface area contributed by atoms with Crippen molar-refractivity contribution in [3.8, 4) is 11.5 Å². The van der Waals surface area contributed by atoms with E-state index in [0.717, 1.165) is 86.3 Å². The van der Waals surface area contributed by atoms with Crippen molar-refractivity contribution in [1.29, 1.82) is 0 Å². The van der Waals surface area contributed by atoms with Gasteiger partial charge < -0.3 is 14.4 Å². The summed E-state index contributed by atoms with van der Waals surface area (Å²) in [5.41, 5.74) is 4.02. The molecule has 0 bridgehead atoms. The van der Waals surface area contributed by atoms with E-state index in [4.69, 9.17) is 19.4 Å². The monoisotopic (exact) mass is 485 g/mol. The standard InChI is InChI=1S/C27H31N7O2/c1-2-3-9-24-28-26(25-27(29-24)34(31-30-25)18-20-7-5-4-6-8-20)33-14-12-32(13-15-33)17-21-10-11-22-23(16-21)36-19-35-22/h4-8,10-11,16H,2-3,9,12-15,17-19H2,1H3. The fourth-order valence-corrected chi connectivity index (χ4v) is 4.83. The van der Waals surface area contributed by atoms with E-state index in [-0.39, 0.29) is 0 Å². The molecular weight excluding hydrogens is 454 g/mol. The lowest BCUT2D eigenvalue weighted by Gasteiger charge is -2.35. The van der Waals surface area contributed by atoms with Crippen LogP contribution < -0.4 is 14.4 Å². The summed E-state index contributed by atoms with van der Waals surface area (Å²) in [7, 11) is 0. The predicted octanol–water partition coefficient (Wildman–Crippen LogP) is 3.66. The number of hydrogen-bond acceptors (Lipinski definition) is 8. The quantitative estimate of drug-likeness (QED) is 0.374. The highest BCUT2D eigenvalue weighted by Crippen LogP contribution is 2.33. The van der Waals surface area contributed by atoms with Gasteiger partial charge in [-0.3, -0.25) is 4.90 Å². The summed E-state index contributed by atoms with van der Waals surface area (Å²) >= 11 is 0. The van der Waals surface area contributed by atoms with Crippen molar-refractivity contribution in [2.45, 2.75) is 39.3 Å². The number of nitrogens with zero attached hydrogens (tertiary/aromatic N) is 7.